The molecule has 1 aliphatic heterocycles. The Hall–Kier alpha value is -2.38. The van der Waals surface area contributed by atoms with Crippen molar-refractivity contribution in [1.82, 2.24) is 10.0 Å². The molecule has 1 fully saturated rings. The monoisotopic (exact) mass is 399 g/mol. The zero-order chi connectivity index (χ0) is 20.1. The van der Waals surface area contributed by atoms with E-state index in [2.05, 4.69) is 9.73 Å². The van der Waals surface area contributed by atoms with Gasteiger partial charge in [0, 0.05) is 24.8 Å². The first-order valence-corrected chi connectivity index (χ1v) is 11.3. The van der Waals surface area contributed by atoms with Crippen molar-refractivity contribution in [2.24, 2.45) is 5.92 Å². The number of hydrazine groups is 1. The Bertz CT molecular complexity index is 1040. The van der Waals surface area contributed by atoms with E-state index in [1.165, 1.54) is 12.8 Å². The van der Waals surface area contributed by atoms with Gasteiger partial charge >= 0.3 is 0 Å². The molecule has 0 unspecified atom stereocenters. The number of sulfonamides is 1. The molecular formula is C21H25N3O3S. The second-order valence-electron chi connectivity index (χ2n) is 7.93. The summed E-state index contributed by atoms with van der Waals surface area (Å²) in [5, 5.41) is 3.89. The van der Waals surface area contributed by atoms with E-state index in [4.69, 9.17) is 0 Å². The molecular weight excluding hydrogens is 374 g/mol. The normalized spacial score (nSPS) is 16.6. The number of benzene rings is 2. The van der Waals surface area contributed by atoms with Gasteiger partial charge in [0.25, 0.3) is 5.91 Å². The zero-order valence-electron chi connectivity index (χ0n) is 16.4. The number of nitrogens with zero attached hydrogens (tertiary/aromatic N) is 2. The molecule has 0 bridgehead atoms. The smallest absolute Gasteiger partial charge is 0.269 e. The maximum absolute atomic E-state index is 12.9. The van der Waals surface area contributed by atoms with Crippen LogP contribution in [0.3, 0.4) is 0 Å². The van der Waals surface area contributed by atoms with Crippen LogP contribution in [0.15, 0.2) is 36.4 Å². The van der Waals surface area contributed by atoms with E-state index in [9.17, 15) is 13.2 Å². The summed E-state index contributed by atoms with van der Waals surface area (Å²) in [5.41, 5.74) is 5.17. The number of rotatable bonds is 6. The van der Waals surface area contributed by atoms with Crippen LogP contribution in [0.5, 0.6) is 0 Å². The average Bonchev–Trinajstić information content (AvgIpc) is 3.34. The maximum Gasteiger partial charge on any atom is 0.269 e. The SMILES string of the molecule is Cc1cc(-c2cccc(NS(C)(=O)=O)c2)cc2c1C(=O)N(N(C)CC1CC1)C2. The van der Waals surface area contributed by atoms with Crippen molar-refractivity contribution in [3.63, 3.8) is 0 Å². The van der Waals surface area contributed by atoms with Crippen LogP contribution in [0, 0.1) is 12.8 Å². The van der Waals surface area contributed by atoms with E-state index >= 15 is 0 Å². The van der Waals surface area contributed by atoms with Crippen LogP contribution in [0.2, 0.25) is 0 Å². The van der Waals surface area contributed by atoms with Gasteiger partial charge in [0.1, 0.15) is 0 Å². The number of amides is 1. The lowest BCUT2D eigenvalue weighted by Crippen LogP contribution is -2.41. The number of carbonyl (C=O) groups is 1. The summed E-state index contributed by atoms with van der Waals surface area (Å²) in [5.74, 6) is 0.776. The van der Waals surface area contributed by atoms with Crippen molar-refractivity contribution in [1.29, 1.82) is 0 Å². The third-order valence-corrected chi connectivity index (χ3v) is 5.92. The van der Waals surface area contributed by atoms with E-state index in [1.54, 1.807) is 6.07 Å². The Balaban J connectivity index is 1.64. The Kier molecular flexibility index (Phi) is 4.67. The lowest BCUT2D eigenvalue weighted by atomic mass is 9.96. The molecule has 0 atom stereocenters. The molecule has 1 N–H and O–H groups in total. The summed E-state index contributed by atoms with van der Waals surface area (Å²) in [4.78, 5) is 12.9. The van der Waals surface area contributed by atoms with Gasteiger partial charge in [0.15, 0.2) is 0 Å². The molecule has 4 rings (SSSR count). The van der Waals surface area contributed by atoms with Crippen LogP contribution in [0.25, 0.3) is 11.1 Å². The molecule has 0 radical (unpaired) electrons. The minimum Gasteiger partial charge on any atom is -0.284 e. The van der Waals surface area contributed by atoms with Gasteiger partial charge in [-0.05, 0) is 66.1 Å². The molecule has 6 nitrogen and oxygen atoms in total. The van der Waals surface area contributed by atoms with Crippen molar-refractivity contribution < 1.29 is 13.2 Å². The van der Waals surface area contributed by atoms with Crippen molar-refractivity contribution in [2.75, 3.05) is 24.6 Å². The zero-order valence-corrected chi connectivity index (χ0v) is 17.2. The van der Waals surface area contributed by atoms with Gasteiger partial charge < -0.3 is 0 Å². The summed E-state index contributed by atoms with van der Waals surface area (Å²) in [7, 11) is -1.34. The molecule has 0 saturated heterocycles. The quantitative estimate of drug-likeness (QED) is 0.810. The molecule has 1 saturated carbocycles. The van der Waals surface area contributed by atoms with E-state index in [1.807, 2.05) is 49.3 Å². The van der Waals surface area contributed by atoms with Gasteiger partial charge in [-0.2, -0.15) is 0 Å². The fourth-order valence-corrected chi connectivity index (χ4v) is 4.40. The van der Waals surface area contributed by atoms with E-state index in [0.29, 0.717) is 18.2 Å². The number of nitrogens with one attached hydrogen (secondary N) is 1. The summed E-state index contributed by atoms with van der Waals surface area (Å²) in [6.45, 7) is 3.46. The number of hydrogen-bond donors (Lipinski definition) is 1. The molecule has 148 valence electrons. The molecule has 1 heterocycles. The standard InChI is InChI=1S/C21H25N3O3S/c1-14-9-17(16-5-4-6-19(11-16)22-28(3,26)27)10-18-13-24(21(25)20(14)18)23(2)12-15-7-8-15/h4-6,9-11,15,22H,7-8,12-13H2,1-3H3. The highest BCUT2D eigenvalue weighted by molar-refractivity contribution is 7.92. The van der Waals surface area contributed by atoms with E-state index in [-0.39, 0.29) is 5.91 Å². The fraction of sp³-hybridized carbons (Fsp3) is 0.381. The van der Waals surface area contributed by atoms with Gasteiger partial charge in [-0.15, -0.1) is 0 Å². The Morgan fingerprint density at radius 2 is 1.93 bits per heavy atom. The summed E-state index contributed by atoms with van der Waals surface area (Å²) in [6.07, 6.45) is 3.64. The first-order valence-electron chi connectivity index (χ1n) is 9.46. The molecule has 1 amide bonds. The highest BCUT2D eigenvalue weighted by Crippen LogP contribution is 2.35. The summed E-state index contributed by atoms with van der Waals surface area (Å²) < 4.78 is 25.5. The van der Waals surface area contributed by atoms with Gasteiger partial charge in [-0.1, -0.05) is 18.2 Å². The lowest BCUT2D eigenvalue weighted by Gasteiger charge is -2.27. The second-order valence-corrected chi connectivity index (χ2v) is 9.68. The van der Waals surface area contributed by atoms with Crippen molar-refractivity contribution in [3.05, 3.63) is 53.1 Å². The first-order chi connectivity index (χ1) is 13.2. The number of hydrogen-bond acceptors (Lipinski definition) is 4. The van der Waals surface area contributed by atoms with Gasteiger partial charge in [-0.25, -0.2) is 13.4 Å². The molecule has 0 spiro atoms. The predicted molar refractivity (Wildman–Crippen MR) is 110 cm³/mol. The molecule has 2 aliphatic rings. The number of fused-ring (bicyclic) bond motifs is 1. The fourth-order valence-electron chi connectivity index (χ4n) is 3.84. The van der Waals surface area contributed by atoms with Crippen molar-refractivity contribution in [2.45, 2.75) is 26.3 Å². The highest BCUT2D eigenvalue weighted by atomic mass is 32.2. The molecule has 7 heteroatoms. The number of anilines is 1. The van der Waals surface area contributed by atoms with Crippen LogP contribution in [0.1, 0.15) is 34.3 Å². The Labute approximate surface area is 166 Å². The summed E-state index contributed by atoms with van der Waals surface area (Å²) in [6, 6.07) is 11.4. The number of carbonyl (C=O) groups excluding carboxylic acids is 1. The largest absolute Gasteiger partial charge is 0.284 e. The third-order valence-electron chi connectivity index (χ3n) is 5.32. The minimum atomic E-state index is -3.33. The highest BCUT2D eigenvalue weighted by Gasteiger charge is 2.34. The molecule has 2 aromatic carbocycles. The summed E-state index contributed by atoms with van der Waals surface area (Å²) >= 11 is 0. The van der Waals surface area contributed by atoms with E-state index < -0.39 is 10.0 Å². The lowest BCUT2D eigenvalue weighted by molar-refractivity contribution is 0.00505. The topological polar surface area (TPSA) is 69.7 Å². The van der Waals surface area contributed by atoms with Crippen LogP contribution < -0.4 is 4.72 Å². The minimum absolute atomic E-state index is 0.0645. The molecule has 0 aromatic heterocycles. The van der Waals surface area contributed by atoms with Gasteiger partial charge in [-0.3, -0.25) is 14.5 Å². The van der Waals surface area contributed by atoms with Gasteiger partial charge in [0.2, 0.25) is 10.0 Å². The van der Waals surface area contributed by atoms with Crippen LogP contribution >= 0.6 is 0 Å². The average molecular weight is 400 g/mol. The van der Waals surface area contributed by atoms with Gasteiger partial charge in [0.05, 0.1) is 12.8 Å². The van der Waals surface area contributed by atoms with Crippen molar-refractivity contribution >= 4 is 21.6 Å². The van der Waals surface area contributed by atoms with Crippen LogP contribution in [0.4, 0.5) is 5.69 Å². The van der Waals surface area contributed by atoms with Crippen molar-refractivity contribution in [3.8, 4) is 11.1 Å². The molecule has 2 aromatic rings. The number of aryl methyl sites for hydroxylation is 1. The van der Waals surface area contributed by atoms with Crippen LogP contribution in [-0.4, -0.2) is 44.2 Å². The molecule has 1 aliphatic carbocycles. The Morgan fingerprint density at radius 1 is 1.18 bits per heavy atom. The maximum atomic E-state index is 12.9. The third kappa shape index (κ3) is 3.91. The van der Waals surface area contributed by atoms with E-state index in [0.717, 1.165) is 40.6 Å². The predicted octanol–water partition coefficient (Wildman–Crippen LogP) is 3.25. The van der Waals surface area contributed by atoms with Crippen LogP contribution in [-0.2, 0) is 16.6 Å². The second kappa shape index (κ2) is 6.90. The Morgan fingerprint density at radius 3 is 2.61 bits per heavy atom. The molecule has 28 heavy (non-hydrogen) atoms. The first kappa shape index (κ1) is 19.0.